The van der Waals surface area contributed by atoms with Crippen molar-refractivity contribution in [3.63, 3.8) is 0 Å². The van der Waals surface area contributed by atoms with Gasteiger partial charge >= 0.3 is 0 Å². The van der Waals surface area contributed by atoms with Gasteiger partial charge in [0.2, 0.25) is 10.0 Å². The molecule has 1 aliphatic rings. The number of nitrogens with zero attached hydrogens (tertiary/aromatic N) is 1. The average Bonchev–Trinajstić information content (AvgIpc) is 2.63. The number of rotatable bonds is 6. The number of ether oxygens (including phenoxy) is 1. The fourth-order valence-electron chi connectivity index (χ4n) is 3.11. The number of benzene rings is 2. The molecule has 0 aliphatic carbocycles. The molecule has 146 valence electrons. The lowest BCUT2D eigenvalue weighted by molar-refractivity contribution is 0.231. The quantitative estimate of drug-likeness (QED) is 0.716. The van der Waals surface area contributed by atoms with Gasteiger partial charge in [0.15, 0.2) is 0 Å². The second-order valence-electron chi connectivity index (χ2n) is 6.57. The van der Waals surface area contributed by atoms with Crippen LogP contribution in [-0.2, 0) is 16.6 Å². The zero-order valence-corrected chi connectivity index (χ0v) is 17.2. The molecule has 1 saturated heterocycles. The Labute approximate surface area is 165 Å². The molecule has 1 aliphatic heterocycles. The molecule has 0 bridgehead atoms. The van der Waals surface area contributed by atoms with Crippen LogP contribution in [0.15, 0.2) is 46.2 Å². The maximum atomic E-state index is 11.8. The average molecular weight is 408 g/mol. The van der Waals surface area contributed by atoms with Crippen LogP contribution in [0.4, 0.5) is 0 Å². The van der Waals surface area contributed by atoms with Crippen molar-refractivity contribution < 1.29 is 13.2 Å². The number of primary sulfonamides is 1. The molecule has 0 saturated carbocycles. The highest BCUT2D eigenvalue weighted by atomic mass is 32.2. The van der Waals surface area contributed by atoms with E-state index >= 15 is 0 Å². The number of aryl methyl sites for hydroxylation is 1. The Kier molecular flexibility index (Phi) is 6.44. The maximum absolute atomic E-state index is 11.8. The van der Waals surface area contributed by atoms with Crippen LogP contribution >= 0.6 is 11.8 Å². The van der Waals surface area contributed by atoms with Crippen molar-refractivity contribution in [2.75, 3.05) is 32.4 Å². The zero-order chi connectivity index (χ0) is 19.4. The number of thioether (sulfide) groups is 1. The molecule has 2 aromatic carbocycles. The van der Waals surface area contributed by atoms with E-state index < -0.39 is 10.0 Å². The summed E-state index contributed by atoms with van der Waals surface area (Å²) in [6.45, 7) is 6.30. The van der Waals surface area contributed by atoms with Crippen molar-refractivity contribution in [1.29, 1.82) is 0 Å². The van der Waals surface area contributed by atoms with Gasteiger partial charge in [0.05, 0.1) is 4.90 Å². The Morgan fingerprint density at radius 2 is 1.93 bits per heavy atom. The molecule has 0 spiro atoms. The number of hydrogen-bond acceptors (Lipinski definition) is 6. The summed E-state index contributed by atoms with van der Waals surface area (Å²) < 4.78 is 29.7. The zero-order valence-electron chi connectivity index (χ0n) is 15.6. The minimum absolute atomic E-state index is 0.105. The molecule has 0 radical (unpaired) electrons. The van der Waals surface area contributed by atoms with Gasteiger partial charge in [-0.1, -0.05) is 0 Å². The molecular weight excluding hydrogens is 382 g/mol. The third-order valence-corrected chi connectivity index (χ3v) is 6.37. The van der Waals surface area contributed by atoms with E-state index in [9.17, 15) is 8.42 Å². The Hall–Kier alpha value is -1.58. The van der Waals surface area contributed by atoms with E-state index in [1.807, 2.05) is 31.4 Å². The van der Waals surface area contributed by atoms with Crippen molar-refractivity contribution >= 4 is 21.8 Å². The van der Waals surface area contributed by atoms with Crippen LogP contribution in [0, 0.1) is 6.92 Å². The van der Waals surface area contributed by atoms with Crippen LogP contribution in [-0.4, -0.2) is 45.8 Å². The van der Waals surface area contributed by atoms with Gasteiger partial charge in [0.1, 0.15) is 11.5 Å². The normalized spacial score (nSPS) is 15.7. The van der Waals surface area contributed by atoms with Gasteiger partial charge in [-0.15, -0.1) is 11.8 Å². The largest absolute Gasteiger partial charge is 0.457 e. The molecule has 3 N–H and O–H groups in total. The first-order valence-corrected chi connectivity index (χ1v) is 11.6. The summed E-state index contributed by atoms with van der Waals surface area (Å²) in [6, 6.07) is 10.8. The molecule has 27 heavy (non-hydrogen) atoms. The highest BCUT2D eigenvalue weighted by molar-refractivity contribution is 7.98. The van der Waals surface area contributed by atoms with E-state index in [1.54, 1.807) is 23.9 Å². The molecule has 0 unspecified atom stereocenters. The Balaban J connectivity index is 1.91. The second-order valence-corrected chi connectivity index (χ2v) is 8.98. The highest BCUT2D eigenvalue weighted by Crippen LogP contribution is 2.31. The SMILES string of the molecule is CSc1ccc(Oc2ccc(S(N)(=O)=O)cc2CN2CCNCC2)cc1C. The van der Waals surface area contributed by atoms with Gasteiger partial charge in [0.25, 0.3) is 0 Å². The molecule has 0 atom stereocenters. The number of sulfonamides is 1. The van der Waals surface area contributed by atoms with Gasteiger partial charge in [-0.2, -0.15) is 0 Å². The molecule has 8 heteroatoms. The van der Waals surface area contributed by atoms with Crippen LogP contribution < -0.4 is 15.2 Å². The van der Waals surface area contributed by atoms with E-state index in [0.717, 1.165) is 43.1 Å². The first-order valence-electron chi connectivity index (χ1n) is 8.78. The maximum Gasteiger partial charge on any atom is 0.238 e. The number of nitrogens with two attached hydrogens (primary N) is 1. The highest BCUT2D eigenvalue weighted by Gasteiger charge is 2.17. The minimum Gasteiger partial charge on any atom is -0.457 e. The summed E-state index contributed by atoms with van der Waals surface area (Å²) >= 11 is 1.69. The van der Waals surface area contributed by atoms with Crippen molar-refractivity contribution in [2.24, 2.45) is 5.14 Å². The van der Waals surface area contributed by atoms with E-state index in [-0.39, 0.29) is 4.90 Å². The second kappa shape index (κ2) is 8.62. The number of hydrogen-bond donors (Lipinski definition) is 2. The minimum atomic E-state index is -3.76. The van der Waals surface area contributed by atoms with Crippen molar-refractivity contribution in [3.8, 4) is 11.5 Å². The predicted octanol–water partition coefficient (Wildman–Crippen LogP) is 2.56. The Bertz CT molecular complexity index is 910. The molecular formula is C19H25N3O3S2. The molecule has 6 nitrogen and oxygen atoms in total. The predicted molar refractivity (Wildman–Crippen MR) is 109 cm³/mol. The Morgan fingerprint density at radius 3 is 2.56 bits per heavy atom. The molecule has 0 amide bonds. The first kappa shape index (κ1) is 20.2. The third kappa shape index (κ3) is 5.24. The van der Waals surface area contributed by atoms with Crippen molar-refractivity contribution in [1.82, 2.24) is 10.2 Å². The van der Waals surface area contributed by atoms with Gasteiger partial charge in [0, 0.05) is 43.2 Å². The summed E-state index contributed by atoms with van der Waals surface area (Å²) in [5, 5.41) is 8.64. The van der Waals surface area contributed by atoms with E-state index in [0.29, 0.717) is 12.3 Å². The fraction of sp³-hybridized carbons (Fsp3) is 0.368. The first-order chi connectivity index (χ1) is 12.9. The molecule has 1 heterocycles. The number of piperazine rings is 1. The summed E-state index contributed by atoms with van der Waals surface area (Å²) in [7, 11) is -3.76. The van der Waals surface area contributed by atoms with Crippen LogP contribution in [0.3, 0.4) is 0 Å². The molecule has 3 rings (SSSR count). The lowest BCUT2D eigenvalue weighted by Gasteiger charge is -2.28. The molecule has 2 aromatic rings. The third-order valence-electron chi connectivity index (χ3n) is 4.56. The molecule has 0 aromatic heterocycles. The topological polar surface area (TPSA) is 84.7 Å². The molecule has 1 fully saturated rings. The fourth-order valence-corrected chi connectivity index (χ4v) is 4.26. The van der Waals surface area contributed by atoms with Gasteiger partial charge in [-0.25, -0.2) is 13.6 Å². The van der Waals surface area contributed by atoms with Gasteiger partial charge in [-0.3, -0.25) is 4.90 Å². The number of nitrogens with one attached hydrogen (secondary N) is 1. The lowest BCUT2D eigenvalue weighted by Crippen LogP contribution is -2.42. The van der Waals surface area contributed by atoms with Crippen LogP contribution in [0.1, 0.15) is 11.1 Å². The summed E-state index contributed by atoms with van der Waals surface area (Å²) in [6.07, 6.45) is 2.04. The Morgan fingerprint density at radius 1 is 1.19 bits per heavy atom. The van der Waals surface area contributed by atoms with Gasteiger partial charge in [-0.05, 0) is 55.1 Å². The van der Waals surface area contributed by atoms with Crippen molar-refractivity contribution in [3.05, 3.63) is 47.5 Å². The van der Waals surface area contributed by atoms with E-state index in [4.69, 9.17) is 9.88 Å². The lowest BCUT2D eigenvalue weighted by atomic mass is 10.1. The van der Waals surface area contributed by atoms with Gasteiger partial charge < -0.3 is 10.1 Å². The summed E-state index contributed by atoms with van der Waals surface area (Å²) in [5.41, 5.74) is 1.96. The van der Waals surface area contributed by atoms with Crippen LogP contribution in [0.25, 0.3) is 0 Å². The smallest absolute Gasteiger partial charge is 0.238 e. The van der Waals surface area contributed by atoms with E-state index in [1.165, 1.54) is 11.0 Å². The van der Waals surface area contributed by atoms with Crippen LogP contribution in [0.5, 0.6) is 11.5 Å². The van der Waals surface area contributed by atoms with Crippen LogP contribution in [0.2, 0.25) is 0 Å². The summed E-state index contributed by atoms with van der Waals surface area (Å²) in [5.74, 6) is 1.38. The monoisotopic (exact) mass is 407 g/mol. The summed E-state index contributed by atoms with van der Waals surface area (Å²) in [4.78, 5) is 3.58. The van der Waals surface area contributed by atoms with E-state index in [2.05, 4.69) is 10.2 Å². The van der Waals surface area contributed by atoms with Crippen molar-refractivity contribution in [2.45, 2.75) is 23.3 Å². The standard InChI is InChI=1S/C19H25N3O3S2/c1-14-11-16(3-6-19(14)26-2)25-18-5-4-17(27(20,23)24)12-15(18)13-22-9-7-21-8-10-22/h3-6,11-12,21H,7-10,13H2,1-2H3,(H2,20,23,24).